The van der Waals surface area contributed by atoms with Crippen LogP contribution in [0.2, 0.25) is 0 Å². The predicted octanol–water partition coefficient (Wildman–Crippen LogP) is 2.39. The lowest BCUT2D eigenvalue weighted by atomic mass is 10.1. The molecule has 0 aliphatic carbocycles. The highest BCUT2D eigenvalue weighted by atomic mass is 16.6. The third-order valence-electron chi connectivity index (χ3n) is 3.63. The molecule has 2 aromatic heterocycles. The van der Waals surface area contributed by atoms with E-state index in [-0.39, 0.29) is 12.5 Å². The number of amides is 1. The Kier molecular flexibility index (Phi) is 5.70. The predicted molar refractivity (Wildman–Crippen MR) is 89.4 cm³/mol. The molecule has 0 saturated carbocycles. The van der Waals surface area contributed by atoms with Crippen molar-refractivity contribution in [1.82, 2.24) is 9.97 Å². The molecule has 0 atom stereocenters. The summed E-state index contributed by atoms with van der Waals surface area (Å²) in [5, 5.41) is 2.75. The van der Waals surface area contributed by atoms with Crippen LogP contribution in [-0.4, -0.2) is 42.2 Å². The molecule has 7 heteroatoms. The first-order valence-electron chi connectivity index (χ1n) is 7.54. The van der Waals surface area contributed by atoms with Gasteiger partial charge in [-0.25, -0.2) is 9.78 Å². The van der Waals surface area contributed by atoms with Crippen LogP contribution in [0, 0.1) is 20.8 Å². The number of H-pyrrole nitrogens is 1. The van der Waals surface area contributed by atoms with Crippen molar-refractivity contribution < 1.29 is 19.1 Å². The number of esters is 1. The van der Waals surface area contributed by atoms with Gasteiger partial charge in [-0.1, -0.05) is 6.07 Å². The van der Waals surface area contributed by atoms with Crippen LogP contribution in [0.5, 0.6) is 0 Å². The van der Waals surface area contributed by atoms with Crippen molar-refractivity contribution in [1.29, 1.82) is 0 Å². The zero-order valence-corrected chi connectivity index (χ0v) is 14.2. The number of aromatic amines is 1. The normalized spacial score (nSPS) is 10.5. The second-order valence-electron chi connectivity index (χ2n) is 5.38. The summed E-state index contributed by atoms with van der Waals surface area (Å²) in [5.41, 5.74) is 2.66. The maximum Gasteiger partial charge on any atom is 0.340 e. The SMILES string of the molecule is COCCOC(=O)c1c(C)[nH]c(C(=O)Nc2ncccc2C)c1C. The minimum Gasteiger partial charge on any atom is -0.460 e. The van der Waals surface area contributed by atoms with E-state index in [1.54, 1.807) is 26.1 Å². The van der Waals surface area contributed by atoms with Gasteiger partial charge in [-0.3, -0.25) is 4.79 Å². The molecule has 2 heterocycles. The fourth-order valence-electron chi connectivity index (χ4n) is 2.36. The molecule has 1 amide bonds. The molecule has 0 radical (unpaired) electrons. The number of rotatable bonds is 6. The van der Waals surface area contributed by atoms with E-state index in [9.17, 15) is 9.59 Å². The highest BCUT2D eigenvalue weighted by Gasteiger charge is 2.23. The number of nitrogens with one attached hydrogen (secondary N) is 2. The van der Waals surface area contributed by atoms with E-state index in [1.165, 1.54) is 7.11 Å². The van der Waals surface area contributed by atoms with Gasteiger partial charge in [0.05, 0.1) is 12.2 Å². The van der Waals surface area contributed by atoms with E-state index >= 15 is 0 Å². The van der Waals surface area contributed by atoms with Crippen molar-refractivity contribution in [2.75, 3.05) is 25.6 Å². The van der Waals surface area contributed by atoms with E-state index in [1.807, 2.05) is 13.0 Å². The molecule has 128 valence electrons. The number of anilines is 1. The van der Waals surface area contributed by atoms with Crippen LogP contribution in [0.25, 0.3) is 0 Å². The number of methoxy groups -OCH3 is 1. The van der Waals surface area contributed by atoms with Crippen molar-refractivity contribution in [2.24, 2.45) is 0 Å². The van der Waals surface area contributed by atoms with E-state index < -0.39 is 5.97 Å². The standard InChI is InChI=1S/C17H21N3O4/c1-10-6-5-7-18-15(10)20-16(21)14-11(2)13(12(3)19-14)17(22)24-9-8-23-4/h5-7,19H,8-9H2,1-4H3,(H,18,20,21). The molecular weight excluding hydrogens is 310 g/mol. The average molecular weight is 331 g/mol. The van der Waals surface area contributed by atoms with E-state index in [0.717, 1.165) is 5.56 Å². The molecule has 24 heavy (non-hydrogen) atoms. The Morgan fingerprint density at radius 2 is 2.00 bits per heavy atom. The Balaban J connectivity index is 2.20. The lowest BCUT2D eigenvalue weighted by molar-refractivity contribution is 0.0387. The van der Waals surface area contributed by atoms with Crippen molar-refractivity contribution in [3.63, 3.8) is 0 Å². The number of carbonyl (C=O) groups is 2. The quantitative estimate of drug-likeness (QED) is 0.626. The number of pyridine rings is 1. The van der Waals surface area contributed by atoms with Gasteiger partial charge in [-0.05, 0) is 38.0 Å². The monoisotopic (exact) mass is 331 g/mol. The number of aryl methyl sites for hydroxylation is 2. The fourth-order valence-corrected chi connectivity index (χ4v) is 2.36. The molecule has 0 bridgehead atoms. The molecule has 0 saturated heterocycles. The van der Waals surface area contributed by atoms with E-state index in [4.69, 9.17) is 9.47 Å². The molecule has 7 nitrogen and oxygen atoms in total. The summed E-state index contributed by atoms with van der Waals surface area (Å²) < 4.78 is 9.99. The van der Waals surface area contributed by atoms with E-state index in [0.29, 0.717) is 34.9 Å². The van der Waals surface area contributed by atoms with Gasteiger partial charge in [0.1, 0.15) is 18.1 Å². The number of carbonyl (C=O) groups excluding carboxylic acids is 2. The van der Waals surface area contributed by atoms with Crippen LogP contribution < -0.4 is 5.32 Å². The molecule has 2 rings (SSSR count). The zero-order chi connectivity index (χ0) is 17.7. The Morgan fingerprint density at radius 1 is 1.25 bits per heavy atom. The molecular formula is C17H21N3O4. The van der Waals surface area contributed by atoms with Crippen LogP contribution in [-0.2, 0) is 9.47 Å². The summed E-state index contributed by atoms with van der Waals surface area (Å²) in [7, 11) is 1.53. The summed E-state index contributed by atoms with van der Waals surface area (Å²) in [6.45, 7) is 5.77. The minimum atomic E-state index is -0.480. The maximum absolute atomic E-state index is 12.5. The Labute approximate surface area is 140 Å². The summed E-state index contributed by atoms with van der Waals surface area (Å²) >= 11 is 0. The summed E-state index contributed by atoms with van der Waals surface area (Å²) in [6, 6.07) is 3.65. The van der Waals surface area contributed by atoms with Crippen LogP contribution in [0.15, 0.2) is 18.3 Å². The molecule has 0 fully saturated rings. The second kappa shape index (κ2) is 7.74. The van der Waals surface area contributed by atoms with Gasteiger partial charge in [-0.15, -0.1) is 0 Å². The number of aromatic nitrogens is 2. The zero-order valence-electron chi connectivity index (χ0n) is 14.2. The van der Waals surface area contributed by atoms with Crippen molar-refractivity contribution in [3.05, 3.63) is 46.4 Å². The van der Waals surface area contributed by atoms with Gasteiger partial charge in [0, 0.05) is 19.0 Å². The summed E-state index contributed by atoms with van der Waals surface area (Å²) in [6.07, 6.45) is 1.61. The number of ether oxygens (including phenoxy) is 2. The number of hydrogen-bond acceptors (Lipinski definition) is 5. The van der Waals surface area contributed by atoms with Gasteiger partial charge < -0.3 is 19.8 Å². The lowest BCUT2D eigenvalue weighted by Gasteiger charge is -2.07. The Morgan fingerprint density at radius 3 is 2.67 bits per heavy atom. The maximum atomic E-state index is 12.5. The third-order valence-corrected chi connectivity index (χ3v) is 3.63. The van der Waals surface area contributed by atoms with E-state index in [2.05, 4.69) is 15.3 Å². The molecule has 0 aliphatic rings. The van der Waals surface area contributed by atoms with Crippen LogP contribution in [0.4, 0.5) is 5.82 Å². The minimum absolute atomic E-state index is 0.161. The van der Waals surface area contributed by atoms with Gasteiger partial charge in [-0.2, -0.15) is 0 Å². The van der Waals surface area contributed by atoms with Gasteiger partial charge >= 0.3 is 5.97 Å². The molecule has 2 aromatic rings. The number of nitrogens with zero attached hydrogens (tertiary/aromatic N) is 1. The Bertz CT molecular complexity index is 752. The first-order chi connectivity index (χ1) is 11.5. The number of hydrogen-bond donors (Lipinski definition) is 2. The van der Waals surface area contributed by atoms with Crippen molar-refractivity contribution in [3.8, 4) is 0 Å². The second-order valence-corrected chi connectivity index (χ2v) is 5.38. The van der Waals surface area contributed by atoms with Crippen molar-refractivity contribution >= 4 is 17.7 Å². The van der Waals surface area contributed by atoms with Crippen molar-refractivity contribution in [2.45, 2.75) is 20.8 Å². The molecule has 0 unspecified atom stereocenters. The molecule has 0 spiro atoms. The first kappa shape index (κ1) is 17.7. The first-order valence-corrected chi connectivity index (χ1v) is 7.54. The highest BCUT2D eigenvalue weighted by Crippen LogP contribution is 2.20. The molecule has 2 N–H and O–H groups in total. The largest absolute Gasteiger partial charge is 0.460 e. The third kappa shape index (κ3) is 3.80. The topological polar surface area (TPSA) is 93.3 Å². The van der Waals surface area contributed by atoms with Gasteiger partial charge in [0.2, 0.25) is 0 Å². The molecule has 0 aliphatic heterocycles. The highest BCUT2D eigenvalue weighted by molar-refractivity contribution is 6.06. The fraction of sp³-hybridized carbons (Fsp3) is 0.353. The van der Waals surface area contributed by atoms with Crippen LogP contribution >= 0.6 is 0 Å². The van der Waals surface area contributed by atoms with Gasteiger partial charge in [0.15, 0.2) is 0 Å². The molecule has 0 aromatic carbocycles. The summed E-state index contributed by atoms with van der Waals surface area (Å²) in [4.78, 5) is 31.7. The van der Waals surface area contributed by atoms with Crippen LogP contribution in [0.1, 0.15) is 37.7 Å². The van der Waals surface area contributed by atoms with Gasteiger partial charge in [0.25, 0.3) is 5.91 Å². The summed E-state index contributed by atoms with van der Waals surface area (Å²) in [5.74, 6) is -0.349. The lowest BCUT2D eigenvalue weighted by Crippen LogP contribution is -2.16. The smallest absolute Gasteiger partial charge is 0.340 e. The average Bonchev–Trinajstić information content (AvgIpc) is 2.84. The Hall–Kier alpha value is -2.67. The van der Waals surface area contributed by atoms with Crippen LogP contribution in [0.3, 0.4) is 0 Å².